The zero-order valence-corrected chi connectivity index (χ0v) is 24.9. The Morgan fingerprint density at radius 2 is 1.95 bits per heavy atom. The van der Waals surface area contributed by atoms with Gasteiger partial charge in [0.2, 0.25) is 26.0 Å². The minimum absolute atomic E-state index is 0.0145. The first-order valence-electron chi connectivity index (χ1n) is 12.7. The van der Waals surface area contributed by atoms with Crippen LogP contribution in [-0.2, 0) is 31.4 Å². The molecule has 0 atom stereocenters. The summed E-state index contributed by atoms with van der Waals surface area (Å²) in [5.74, 6) is -0.764. The summed E-state index contributed by atoms with van der Waals surface area (Å²) in [6, 6.07) is 2.65. The average Bonchev–Trinajstić information content (AvgIpc) is 3.35. The molecule has 3 aromatic rings. The Labute approximate surface area is 244 Å². The van der Waals surface area contributed by atoms with Gasteiger partial charge in [0, 0.05) is 24.0 Å². The molecule has 13 nitrogen and oxygen atoms in total. The van der Waals surface area contributed by atoms with E-state index in [0.717, 1.165) is 0 Å². The molecule has 3 heterocycles. The lowest BCUT2D eigenvalue weighted by atomic mass is 9.97. The number of hydrogen-bond acceptors (Lipinski definition) is 9. The van der Waals surface area contributed by atoms with Crippen LogP contribution in [0.4, 0.5) is 8.78 Å². The zero-order chi connectivity index (χ0) is 30.6. The smallest absolute Gasteiger partial charge is 0.299 e. The minimum Gasteiger partial charge on any atom is -0.368 e. The molecular weight excluding hydrogens is 615 g/mol. The molecule has 0 unspecified atom stereocenters. The molecule has 1 fully saturated rings. The second-order valence-corrected chi connectivity index (χ2v) is 15.4. The number of primary amides is 1. The molecule has 2 aromatic heterocycles. The van der Waals surface area contributed by atoms with Crippen LogP contribution in [0.25, 0.3) is 32.0 Å². The number of nitrogens with one attached hydrogen (secondary N) is 1. The monoisotopic (exact) mass is 640 g/mol. The first kappa shape index (κ1) is 30.1. The molecule has 0 spiro atoms. The minimum atomic E-state index is -4.26. The Bertz CT molecular complexity index is 1870. The summed E-state index contributed by atoms with van der Waals surface area (Å²) in [5.41, 5.74) is 5.45. The third-order valence-corrected chi connectivity index (χ3v) is 11.7. The normalized spacial score (nSPS) is 17.5. The molecule has 42 heavy (non-hydrogen) atoms. The predicted octanol–water partition coefficient (Wildman–Crippen LogP) is 2.49. The number of benzene rings is 1. The molecule has 1 saturated carbocycles. The van der Waals surface area contributed by atoms with Gasteiger partial charge < -0.3 is 5.73 Å². The summed E-state index contributed by atoms with van der Waals surface area (Å²) in [5, 5.41) is 10.7. The van der Waals surface area contributed by atoms with Crippen molar-refractivity contribution in [1.29, 1.82) is 0 Å². The second kappa shape index (κ2) is 10.7. The lowest BCUT2D eigenvalue weighted by Crippen LogP contribution is -2.39. The fourth-order valence-electron chi connectivity index (χ4n) is 4.62. The van der Waals surface area contributed by atoms with Crippen LogP contribution in [0.5, 0.6) is 0 Å². The Morgan fingerprint density at radius 3 is 2.48 bits per heavy atom. The number of nitrogens with zero attached hydrogens (tertiary/aromatic N) is 6. The van der Waals surface area contributed by atoms with E-state index in [2.05, 4.69) is 24.9 Å². The van der Waals surface area contributed by atoms with Crippen LogP contribution in [0.2, 0.25) is 0 Å². The number of hydrogen-bond donors (Lipinski definition) is 2. The first-order valence-corrected chi connectivity index (χ1v) is 16.5. The number of rotatable bonds is 10. The molecule has 3 N–H and O–H groups in total. The quantitative estimate of drug-likeness (QED) is 0.318. The third kappa shape index (κ3) is 5.54. The molecule has 1 aliphatic carbocycles. The Kier molecular flexibility index (Phi) is 7.68. The van der Waals surface area contributed by atoms with E-state index in [9.17, 15) is 30.4 Å². The Balaban J connectivity index is 1.74. The van der Waals surface area contributed by atoms with Crippen molar-refractivity contribution in [2.75, 3.05) is 13.1 Å². The highest BCUT2D eigenvalue weighted by atomic mass is 32.2. The molecule has 224 valence electrons. The van der Waals surface area contributed by atoms with Gasteiger partial charge in [-0.15, -0.1) is 14.9 Å². The van der Waals surface area contributed by atoms with Crippen molar-refractivity contribution in [3.8, 4) is 10.7 Å². The van der Waals surface area contributed by atoms with Crippen LogP contribution in [0.15, 0.2) is 23.1 Å². The van der Waals surface area contributed by atoms with Gasteiger partial charge in [-0.1, -0.05) is 17.4 Å². The maximum absolute atomic E-state index is 13.5. The average molecular weight is 641 g/mol. The van der Waals surface area contributed by atoms with E-state index >= 15 is 0 Å². The van der Waals surface area contributed by atoms with E-state index in [1.807, 2.05) is 0 Å². The van der Waals surface area contributed by atoms with Crippen LogP contribution in [0.3, 0.4) is 0 Å². The van der Waals surface area contributed by atoms with Gasteiger partial charge in [0.05, 0.1) is 28.5 Å². The zero-order valence-electron chi connectivity index (χ0n) is 22.4. The van der Waals surface area contributed by atoms with Crippen molar-refractivity contribution < 1.29 is 30.4 Å². The van der Waals surface area contributed by atoms with E-state index in [-0.39, 0.29) is 46.0 Å². The Morgan fingerprint density at radius 1 is 1.24 bits per heavy atom. The number of carbonyl (C=O) groups is 1. The summed E-state index contributed by atoms with van der Waals surface area (Å²) in [6.45, 7) is 10.3. The number of fused-ring (bicyclic) bond motifs is 1. The number of alkyl halides is 2. The molecular formula is C24H26F2N8O5S3. The van der Waals surface area contributed by atoms with Gasteiger partial charge in [0.15, 0.2) is 10.0 Å². The summed E-state index contributed by atoms with van der Waals surface area (Å²) in [6.07, 6.45) is -0.343. The molecule has 1 amide bonds. The number of halogens is 2. The molecule has 2 aliphatic rings. The van der Waals surface area contributed by atoms with Crippen LogP contribution in [-0.4, -0.2) is 71.0 Å². The number of amides is 1. The van der Waals surface area contributed by atoms with Crippen molar-refractivity contribution in [3.63, 3.8) is 0 Å². The highest BCUT2D eigenvalue weighted by Gasteiger charge is 2.54. The van der Waals surface area contributed by atoms with Gasteiger partial charge in [0.25, 0.3) is 12.1 Å². The van der Waals surface area contributed by atoms with Gasteiger partial charge in [-0.25, -0.2) is 32.2 Å². The van der Waals surface area contributed by atoms with Gasteiger partial charge in [0.1, 0.15) is 12.2 Å². The van der Waals surface area contributed by atoms with E-state index < -0.39 is 54.8 Å². The first-order chi connectivity index (χ1) is 19.7. The summed E-state index contributed by atoms with van der Waals surface area (Å²) in [7, 11) is -7.82. The molecule has 1 aliphatic heterocycles. The van der Waals surface area contributed by atoms with Crippen molar-refractivity contribution in [2.45, 2.75) is 61.9 Å². The fourth-order valence-corrected chi connectivity index (χ4v) is 7.95. The van der Waals surface area contributed by atoms with E-state index in [1.165, 1.54) is 21.1 Å². The maximum atomic E-state index is 13.5. The molecule has 18 heteroatoms. The highest BCUT2D eigenvalue weighted by molar-refractivity contribution is 7.89. The molecule has 1 aromatic carbocycles. The van der Waals surface area contributed by atoms with Crippen molar-refractivity contribution in [2.24, 2.45) is 5.73 Å². The van der Waals surface area contributed by atoms with Gasteiger partial charge in [-0.3, -0.25) is 14.3 Å². The lowest BCUT2D eigenvalue weighted by molar-refractivity contribution is -0.118. The lowest BCUT2D eigenvalue weighted by Gasteiger charge is -2.28. The van der Waals surface area contributed by atoms with Crippen molar-refractivity contribution >= 4 is 53.8 Å². The number of carbonyl (C=O) groups excluding carboxylic acids is 1. The standard InChI is InChI=1S/C24H26F2N8O5S3/c1-13(2)42(38,39)33-8-4-14(5-9-33)16-10-15(41(36,37)32-24(28-3)6-7-24)11-17-19(22-29-30-23(40-22)21(25)26)31-34(20(16)17)12-18(27)35/h4,10-11,13,21,32H,5-9,12H2,1-2H3,(H2,27,35). The number of aromatic nitrogens is 4. The fraction of sp³-hybridized carbons (Fsp3) is 0.458. The summed E-state index contributed by atoms with van der Waals surface area (Å²) in [4.78, 5) is 15.2. The topological polar surface area (TPSA) is 175 Å². The van der Waals surface area contributed by atoms with E-state index in [0.29, 0.717) is 35.3 Å². The van der Waals surface area contributed by atoms with Crippen molar-refractivity contribution in [1.82, 2.24) is 29.0 Å². The van der Waals surface area contributed by atoms with Gasteiger partial charge in [-0.2, -0.15) is 9.40 Å². The predicted molar refractivity (Wildman–Crippen MR) is 150 cm³/mol. The van der Waals surface area contributed by atoms with Crippen molar-refractivity contribution in [3.05, 3.63) is 40.2 Å². The van der Waals surface area contributed by atoms with Gasteiger partial charge >= 0.3 is 0 Å². The molecule has 0 saturated heterocycles. The number of nitrogens with two attached hydrogens (primary N) is 1. The van der Waals surface area contributed by atoms with Gasteiger partial charge in [-0.05, 0) is 38.0 Å². The van der Waals surface area contributed by atoms with E-state index in [1.54, 1.807) is 19.9 Å². The largest absolute Gasteiger partial charge is 0.368 e. The van der Waals surface area contributed by atoms with Crippen LogP contribution in [0, 0.1) is 6.57 Å². The van der Waals surface area contributed by atoms with Crippen LogP contribution in [0.1, 0.15) is 50.1 Å². The van der Waals surface area contributed by atoms with Crippen LogP contribution < -0.4 is 10.5 Å². The highest BCUT2D eigenvalue weighted by Crippen LogP contribution is 2.41. The maximum Gasteiger partial charge on any atom is 0.299 e. The van der Waals surface area contributed by atoms with Crippen LogP contribution >= 0.6 is 11.3 Å². The molecule has 5 rings (SSSR count). The SMILES string of the molecule is [C-]#[N+]C1(NS(=O)(=O)c2cc(C3=CCN(S(=O)(=O)C(C)C)CC3)c3c(c2)c(-c2nnc(C(F)F)s2)nn3CC(N)=O)CC1. The Hall–Kier alpha value is -3.37. The van der Waals surface area contributed by atoms with E-state index in [4.69, 9.17) is 12.3 Å². The third-order valence-electron chi connectivity index (χ3n) is 7.00. The summed E-state index contributed by atoms with van der Waals surface area (Å²) < 4.78 is 84.2. The summed E-state index contributed by atoms with van der Waals surface area (Å²) >= 11 is 0.568. The number of sulfonamides is 2. The molecule has 0 bridgehead atoms. The molecule has 0 radical (unpaired) electrons. The second-order valence-electron chi connectivity index (χ2n) is 10.3.